The van der Waals surface area contributed by atoms with Crippen LogP contribution >= 0.6 is 0 Å². The molecule has 5 heteroatoms. The van der Waals surface area contributed by atoms with Gasteiger partial charge < -0.3 is 16.2 Å². The number of carbonyl (C=O) groups is 2. The third-order valence-electron chi connectivity index (χ3n) is 3.92. The molecule has 1 unspecified atom stereocenters. The minimum Gasteiger partial charge on any atom is -0.481 e. The second-order valence-electron chi connectivity index (χ2n) is 5.35. The third-order valence-corrected chi connectivity index (χ3v) is 3.92. The summed E-state index contributed by atoms with van der Waals surface area (Å²) in [6.45, 7) is 2.11. The summed E-state index contributed by atoms with van der Waals surface area (Å²) in [4.78, 5) is 23.0. The molecule has 18 heavy (non-hydrogen) atoms. The van der Waals surface area contributed by atoms with Crippen LogP contribution in [0.3, 0.4) is 0 Å². The largest absolute Gasteiger partial charge is 0.481 e. The van der Waals surface area contributed by atoms with Gasteiger partial charge in [-0.3, -0.25) is 9.59 Å². The van der Waals surface area contributed by atoms with Crippen molar-refractivity contribution in [1.82, 2.24) is 5.32 Å². The Bertz CT molecular complexity index is 297. The lowest BCUT2D eigenvalue weighted by molar-refractivity contribution is -0.141. The highest BCUT2D eigenvalue weighted by Gasteiger charge is 2.37. The van der Waals surface area contributed by atoms with Crippen LogP contribution < -0.4 is 11.1 Å². The van der Waals surface area contributed by atoms with Crippen molar-refractivity contribution in [1.29, 1.82) is 0 Å². The van der Waals surface area contributed by atoms with Gasteiger partial charge in [0.15, 0.2) is 0 Å². The zero-order chi connectivity index (χ0) is 13.6. The van der Waals surface area contributed by atoms with E-state index in [1.54, 1.807) is 6.92 Å². The Labute approximate surface area is 108 Å². The molecule has 5 nitrogen and oxygen atoms in total. The van der Waals surface area contributed by atoms with Gasteiger partial charge in [-0.15, -0.1) is 0 Å². The zero-order valence-electron chi connectivity index (χ0n) is 11.1. The molecule has 1 saturated carbocycles. The van der Waals surface area contributed by atoms with Gasteiger partial charge in [-0.1, -0.05) is 32.6 Å². The van der Waals surface area contributed by atoms with Gasteiger partial charge in [-0.05, 0) is 12.8 Å². The summed E-state index contributed by atoms with van der Waals surface area (Å²) in [5, 5.41) is 11.5. The van der Waals surface area contributed by atoms with E-state index in [1.165, 1.54) is 0 Å². The molecule has 1 atom stereocenters. The van der Waals surface area contributed by atoms with Crippen LogP contribution in [-0.2, 0) is 9.59 Å². The fraction of sp³-hybridized carbons (Fsp3) is 0.846. The van der Waals surface area contributed by atoms with E-state index in [4.69, 9.17) is 10.8 Å². The highest BCUT2D eigenvalue weighted by molar-refractivity contribution is 5.83. The number of aliphatic carboxylic acids is 1. The lowest BCUT2D eigenvalue weighted by Crippen LogP contribution is -2.47. The normalized spacial score (nSPS) is 20.8. The highest BCUT2D eigenvalue weighted by atomic mass is 16.4. The van der Waals surface area contributed by atoms with Gasteiger partial charge in [0.05, 0.1) is 11.3 Å². The Kier molecular flexibility index (Phi) is 5.59. The quantitative estimate of drug-likeness (QED) is 0.643. The van der Waals surface area contributed by atoms with E-state index in [0.29, 0.717) is 6.54 Å². The standard InChI is InChI=1S/C13H24N2O3/c1-10(11(16)17)8-15-12(18)13(9-14)6-4-2-3-5-7-13/h10H,2-9,14H2,1H3,(H,15,18)(H,16,17). The summed E-state index contributed by atoms with van der Waals surface area (Å²) < 4.78 is 0. The highest BCUT2D eigenvalue weighted by Crippen LogP contribution is 2.34. The molecule has 104 valence electrons. The molecular weight excluding hydrogens is 232 g/mol. The number of carbonyl (C=O) groups excluding carboxylic acids is 1. The summed E-state index contributed by atoms with van der Waals surface area (Å²) in [6, 6.07) is 0. The minimum atomic E-state index is -0.891. The van der Waals surface area contributed by atoms with Crippen molar-refractivity contribution < 1.29 is 14.7 Å². The first-order valence-corrected chi connectivity index (χ1v) is 6.73. The summed E-state index contributed by atoms with van der Waals surface area (Å²) >= 11 is 0. The summed E-state index contributed by atoms with van der Waals surface area (Å²) in [5.41, 5.74) is 5.32. The lowest BCUT2D eigenvalue weighted by Gasteiger charge is -2.30. The van der Waals surface area contributed by atoms with Gasteiger partial charge >= 0.3 is 5.97 Å². The van der Waals surface area contributed by atoms with Crippen LogP contribution in [0.25, 0.3) is 0 Å². The summed E-state index contributed by atoms with van der Waals surface area (Å²) in [7, 11) is 0. The van der Waals surface area contributed by atoms with Crippen molar-refractivity contribution in [3.05, 3.63) is 0 Å². The lowest BCUT2D eigenvalue weighted by atomic mass is 9.79. The average Bonchev–Trinajstić information content (AvgIpc) is 2.61. The monoisotopic (exact) mass is 256 g/mol. The fourth-order valence-corrected chi connectivity index (χ4v) is 2.45. The van der Waals surface area contributed by atoms with Crippen molar-refractivity contribution in [3.8, 4) is 0 Å². The molecule has 0 aromatic carbocycles. The molecule has 1 aliphatic carbocycles. The molecule has 0 saturated heterocycles. The van der Waals surface area contributed by atoms with Crippen molar-refractivity contribution in [3.63, 3.8) is 0 Å². The number of carboxylic acid groups (broad SMARTS) is 1. The fourth-order valence-electron chi connectivity index (χ4n) is 2.45. The van der Waals surface area contributed by atoms with Crippen LogP contribution in [0.15, 0.2) is 0 Å². The van der Waals surface area contributed by atoms with Gasteiger partial charge in [-0.2, -0.15) is 0 Å². The Balaban J connectivity index is 2.58. The minimum absolute atomic E-state index is 0.0694. The summed E-state index contributed by atoms with van der Waals surface area (Å²) in [6.07, 6.45) is 5.99. The number of rotatable bonds is 5. The average molecular weight is 256 g/mol. The second kappa shape index (κ2) is 6.73. The number of nitrogens with one attached hydrogen (secondary N) is 1. The Morgan fingerprint density at radius 3 is 2.28 bits per heavy atom. The Hall–Kier alpha value is -1.10. The molecule has 1 rings (SSSR count). The molecule has 1 amide bonds. The smallest absolute Gasteiger partial charge is 0.308 e. The second-order valence-corrected chi connectivity index (χ2v) is 5.35. The predicted octanol–water partition coefficient (Wildman–Crippen LogP) is 1.12. The molecule has 1 fully saturated rings. The van der Waals surface area contributed by atoms with Gasteiger partial charge in [-0.25, -0.2) is 0 Å². The van der Waals surface area contributed by atoms with Crippen molar-refractivity contribution in [2.75, 3.05) is 13.1 Å². The summed E-state index contributed by atoms with van der Waals surface area (Å²) in [5.74, 6) is -1.52. The number of hydrogen-bond acceptors (Lipinski definition) is 3. The maximum absolute atomic E-state index is 12.2. The first kappa shape index (κ1) is 15.0. The van der Waals surface area contributed by atoms with Crippen molar-refractivity contribution >= 4 is 11.9 Å². The van der Waals surface area contributed by atoms with Crippen LogP contribution in [-0.4, -0.2) is 30.1 Å². The van der Waals surface area contributed by atoms with Gasteiger partial charge in [0.1, 0.15) is 0 Å². The van der Waals surface area contributed by atoms with E-state index >= 15 is 0 Å². The number of amides is 1. The van der Waals surface area contributed by atoms with Crippen LogP contribution in [0.4, 0.5) is 0 Å². The molecule has 0 aromatic rings. The molecule has 0 aliphatic heterocycles. The van der Waals surface area contributed by atoms with E-state index in [2.05, 4.69) is 5.32 Å². The van der Waals surface area contributed by atoms with Gasteiger partial charge in [0, 0.05) is 13.1 Å². The van der Waals surface area contributed by atoms with Crippen LogP contribution in [0.5, 0.6) is 0 Å². The zero-order valence-corrected chi connectivity index (χ0v) is 11.1. The van der Waals surface area contributed by atoms with Crippen LogP contribution in [0, 0.1) is 11.3 Å². The van der Waals surface area contributed by atoms with E-state index in [0.717, 1.165) is 38.5 Å². The first-order valence-electron chi connectivity index (χ1n) is 6.73. The predicted molar refractivity (Wildman–Crippen MR) is 69.0 cm³/mol. The molecule has 0 heterocycles. The molecule has 0 bridgehead atoms. The topological polar surface area (TPSA) is 92.4 Å². The molecule has 0 radical (unpaired) electrons. The molecule has 4 N–H and O–H groups in total. The van der Waals surface area contributed by atoms with E-state index in [1.807, 2.05) is 0 Å². The van der Waals surface area contributed by atoms with Crippen molar-refractivity contribution in [2.45, 2.75) is 45.4 Å². The van der Waals surface area contributed by atoms with E-state index in [9.17, 15) is 9.59 Å². The van der Waals surface area contributed by atoms with Gasteiger partial charge in [0.2, 0.25) is 5.91 Å². The number of hydrogen-bond donors (Lipinski definition) is 3. The molecular formula is C13H24N2O3. The molecule has 0 spiro atoms. The SMILES string of the molecule is CC(CNC(=O)C1(CN)CCCCCC1)C(=O)O. The van der Waals surface area contributed by atoms with Crippen LogP contribution in [0.2, 0.25) is 0 Å². The van der Waals surface area contributed by atoms with E-state index in [-0.39, 0.29) is 12.5 Å². The third kappa shape index (κ3) is 3.70. The van der Waals surface area contributed by atoms with Gasteiger partial charge in [0.25, 0.3) is 0 Å². The Morgan fingerprint density at radius 1 is 1.28 bits per heavy atom. The van der Waals surface area contributed by atoms with E-state index < -0.39 is 17.3 Å². The maximum Gasteiger partial charge on any atom is 0.308 e. The molecule has 1 aliphatic rings. The Morgan fingerprint density at radius 2 is 1.83 bits per heavy atom. The number of nitrogens with two attached hydrogens (primary N) is 1. The van der Waals surface area contributed by atoms with Crippen LogP contribution in [0.1, 0.15) is 45.4 Å². The number of carboxylic acids is 1. The first-order chi connectivity index (χ1) is 8.52. The maximum atomic E-state index is 12.2. The van der Waals surface area contributed by atoms with Crippen molar-refractivity contribution in [2.24, 2.45) is 17.1 Å². The molecule has 0 aromatic heterocycles.